The van der Waals surface area contributed by atoms with Crippen LogP contribution in [0.4, 0.5) is 10.5 Å². The fourth-order valence-corrected chi connectivity index (χ4v) is 5.57. The van der Waals surface area contributed by atoms with E-state index in [1.807, 2.05) is 63.8 Å². The molecule has 1 aliphatic rings. The third-order valence-electron chi connectivity index (χ3n) is 7.79. The van der Waals surface area contributed by atoms with Gasteiger partial charge in [-0.3, -0.25) is 19.4 Å². The topological polar surface area (TPSA) is 141 Å². The highest BCUT2D eigenvalue weighted by atomic mass is 35.5. The van der Waals surface area contributed by atoms with E-state index in [1.54, 1.807) is 44.3 Å². The second-order valence-corrected chi connectivity index (χ2v) is 13.7. The van der Waals surface area contributed by atoms with Gasteiger partial charge in [-0.2, -0.15) is 0 Å². The van der Waals surface area contributed by atoms with Crippen molar-refractivity contribution >= 4 is 81.1 Å². The Morgan fingerprint density at radius 2 is 1.60 bits per heavy atom. The molecule has 3 amide bonds. The highest BCUT2D eigenvalue weighted by Crippen LogP contribution is 2.28. The fourth-order valence-electron chi connectivity index (χ4n) is 4.22. The van der Waals surface area contributed by atoms with Gasteiger partial charge in [0.25, 0.3) is 11.1 Å². The zero-order valence-corrected chi connectivity index (χ0v) is 32.4. The summed E-state index contributed by atoms with van der Waals surface area (Å²) in [6.45, 7) is 14.8. The first-order chi connectivity index (χ1) is 23.6. The Labute approximate surface area is 313 Å². The van der Waals surface area contributed by atoms with E-state index in [0.29, 0.717) is 34.3 Å². The number of pyridine rings is 1. The molecule has 4 rings (SSSR count). The van der Waals surface area contributed by atoms with Gasteiger partial charge >= 0.3 is 5.97 Å². The summed E-state index contributed by atoms with van der Waals surface area (Å²) in [6, 6.07) is 14.1. The molecular weight excluding hydrogens is 721 g/mol. The number of aryl methyl sites for hydroxylation is 1. The quantitative estimate of drug-likeness (QED) is 0.187. The molecule has 10 nitrogen and oxygen atoms in total. The third-order valence-corrected chi connectivity index (χ3v) is 9.76. The second-order valence-electron chi connectivity index (χ2n) is 11.5. The molecule has 1 aromatic heterocycles. The molecule has 0 spiro atoms. The summed E-state index contributed by atoms with van der Waals surface area (Å²) in [6.07, 6.45) is 2.75. The van der Waals surface area contributed by atoms with Gasteiger partial charge in [-0.1, -0.05) is 86.4 Å². The van der Waals surface area contributed by atoms with Crippen LogP contribution in [0, 0.1) is 5.92 Å². The van der Waals surface area contributed by atoms with Crippen LogP contribution in [0.3, 0.4) is 0 Å². The number of anilines is 1. The van der Waals surface area contributed by atoms with Crippen molar-refractivity contribution in [2.75, 3.05) is 18.4 Å². The Bertz CT molecular complexity index is 1680. The van der Waals surface area contributed by atoms with Gasteiger partial charge in [0.2, 0.25) is 5.91 Å². The summed E-state index contributed by atoms with van der Waals surface area (Å²) in [7, 11) is 0. The predicted molar refractivity (Wildman–Crippen MR) is 205 cm³/mol. The first kappa shape index (κ1) is 42.5. The Morgan fingerprint density at radius 1 is 0.960 bits per heavy atom. The molecule has 0 saturated heterocycles. The van der Waals surface area contributed by atoms with Crippen LogP contribution in [0.25, 0.3) is 0 Å². The highest BCUT2D eigenvalue weighted by Gasteiger charge is 2.43. The summed E-state index contributed by atoms with van der Waals surface area (Å²) in [5.74, 6) is -0.423. The number of aliphatic imine (C=N–C) groups is 1. The molecule has 3 aromatic rings. The van der Waals surface area contributed by atoms with Crippen molar-refractivity contribution < 1.29 is 24.3 Å². The van der Waals surface area contributed by atoms with Crippen molar-refractivity contribution in [1.82, 2.24) is 15.2 Å². The van der Waals surface area contributed by atoms with Gasteiger partial charge in [-0.15, -0.1) is 0 Å². The monoisotopic (exact) mass is 763 g/mol. The number of carbonyl (C=O) groups is 4. The smallest absolute Gasteiger partial charge is 0.338 e. The average molecular weight is 765 g/mol. The van der Waals surface area contributed by atoms with E-state index in [2.05, 4.69) is 20.6 Å². The number of carboxylic acids is 1. The number of nitrogens with zero attached hydrogens (tertiary/aromatic N) is 3. The Morgan fingerprint density at radius 3 is 2.10 bits per heavy atom. The highest BCUT2D eigenvalue weighted by molar-refractivity contribution is 8.12. The summed E-state index contributed by atoms with van der Waals surface area (Å²) >= 11 is 18.6. The van der Waals surface area contributed by atoms with Gasteiger partial charge in [0.1, 0.15) is 11.2 Å². The molecule has 0 radical (unpaired) electrons. The molecule has 0 aliphatic carbocycles. The van der Waals surface area contributed by atoms with Gasteiger partial charge in [0.15, 0.2) is 5.84 Å². The summed E-state index contributed by atoms with van der Waals surface area (Å²) in [5, 5.41) is 16.5. The minimum atomic E-state index is -1.08. The molecule has 0 saturated carbocycles. The average Bonchev–Trinajstić information content (AvgIpc) is 3.41. The molecule has 14 heteroatoms. The normalized spacial score (nSPS) is 14.8. The lowest BCUT2D eigenvalue weighted by Gasteiger charge is -2.21. The molecule has 2 aromatic carbocycles. The number of nitrogens with one attached hydrogen (secondary N) is 2. The van der Waals surface area contributed by atoms with E-state index in [9.17, 15) is 24.3 Å². The van der Waals surface area contributed by atoms with Crippen LogP contribution in [0.15, 0.2) is 59.7 Å². The summed E-state index contributed by atoms with van der Waals surface area (Å²) in [5.41, 5.74) is 1.98. The number of amidine groups is 1. The van der Waals surface area contributed by atoms with Gasteiger partial charge in [0.05, 0.1) is 15.6 Å². The summed E-state index contributed by atoms with van der Waals surface area (Å²) < 4.78 is 0. The van der Waals surface area contributed by atoms with Gasteiger partial charge < -0.3 is 20.6 Å². The molecule has 0 fully saturated rings. The van der Waals surface area contributed by atoms with Crippen molar-refractivity contribution in [3.05, 3.63) is 92.2 Å². The number of hydrogen-bond acceptors (Lipinski definition) is 7. The lowest BCUT2D eigenvalue weighted by atomic mass is 9.89. The summed E-state index contributed by atoms with van der Waals surface area (Å²) in [4.78, 5) is 56.6. The molecule has 1 aliphatic heterocycles. The first-order valence-corrected chi connectivity index (χ1v) is 18.3. The number of thioether (sulfide) groups is 1. The molecule has 270 valence electrons. The second kappa shape index (κ2) is 20.3. The lowest BCUT2D eigenvalue weighted by Crippen LogP contribution is -2.41. The van der Waals surface area contributed by atoms with Crippen molar-refractivity contribution in [2.45, 2.75) is 72.6 Å². The Hall–Kier alpha value is -3.64. The van der Waals surface area contributed by atoms with Crippen molar-refractivity contribution in [3.8, 4) is 0 Å². The largest absolute Gasteiger partial charge is 0.478 e. The number of benzene rings is 2. The fraction of sp³-hybridized carbons (Fsp3) is 0.389. The van der Waals surface area contributed by atoms with Crippen molar-refractivity contribution in [2.24, 2.45) is 10.9 Å². The first-order valence-electron chi connectivity index (χ1n) is 16.1. The van der Waals surface area contributed by atoms with E-state index in [-0.39, 0.29) is 40.1 Å². The van der Waals surface area contributed by atoms with Gasteiger partial charge in [-0.25, -0.2) is 9.79 Å². The van der Waals surface area contributed by atoms with Crippen LogP contribution in [0.2, 0.25) is 15.1 Å². The zero-order chi connectivity index (χ0) is 37.6. The number of carboxylic acid groups (broad SMARTS) is 1. The van der Waals surface area contributed by atoms with E-state index in [1.165, 1.54) is 11.8 Å². The van der Waals surface area contributed by atoms with Gasteiger partial charge in [-0.05, 0) is 80.6 Å². The molecule has 0 bridgehead atoms. The maximum Gasteiger partial charge on any atom is 0.338 e. The van der Waals surface area contributed by atoms with Crippen molar-refractivity contribution in [1.29, 1.82) is 0 Å². The van der Waals surface area contributed by atoms with E-state index in [0.717, 1.165) is 29.2 Å². The Kier molecular flexibility index (Phi) is 17.2. The van der Waals surface area contributed by atoms with Crippen molar-refractivity contribution in [3.63, 3.8) is 0 Å². The van der Waals surface area contributed by atoms with Crippen LogP contribution in [0.1, 0.15) is 82.1 Å². The molecule has 2 heterocycles. The maximum atomic E-state index is 12.1. The number of aromatic nitrogens is 1. The molecule has 1 atom stereocenters. The minimum absolute atomic E-state index is 0.00167. The minimum Gasteiger partial charge on any atom is -0.478 e. The van der Waals surface area contributed by atoms with E-state index >= 15 is 0 Å². The third kappa shape index (κ3) is 12.3. The predicted octanol–water partition coefficient (Wildman–Crippen LogP) is 9.01. The molecule has 3 N–H and O–H groups in total. The van der Waals surface area contributed by atoms with Crippen LogP contribution in [0.5, 0.6) is 0 Å². The number of aromatic carboxylic acids is 1. The van der Waals surface area contributed by atoms with Crippen LogP contribution in [-0.4, -0.2) is 62.5 Å². The SMILES string of the molecule is CCC(=O)Nc1ccc(Cl)c(Cl)c1.CCN(CC)C(=O)SCc1ccc(Cl)cc1.CCc1cnc(C2=NC(C)(C(C)C)C(=O)N2)c(C(=O)O)c1. The number of carbonyl (C=O) groups excluding carboxylic acids is 3. The van der Waals surface area contributed by atoms with E-state index < -0.39 is 11.5 Å². The Balaban J connectivity index is 0.000000269. The van der Waals surface area contributed by atoms with Crippen LogP contribution < -0.4 is 10.6 Å². The standard InChI is InChI=1S/C15H19N3O3.C12H16ClNOS.C9H9Cl2NO/c1-5-9-6-10(13(19)20)11(16-7-9)12-17-14(21)15(4,18-12)8(2)3;1-3-14(4-2)12(15)16-9-10-5-7-11(13)8-6-10;1-2-9(13)12-6-3-4-7(10)8(11)5-6/h6-8H,5H2,1-4H3,(H,19,20)(H,17,18,21);5-8H,3-4,9H2,1-2H3;3-5H,2H2,1H3,(H,12,13). The number of rotatable bonds is 10. The molecule has 50 heavy (non-hydrogen) atoms. The van der Waals surface area contributed by atoms with Gasteiger partial charge in [0, 0.05) is 42.2 Å². The number of hydrogen-bond donors (Lipinski definition) is 3. The van der Waals surface area contributed by atoms with Crippen LogP contribution >= 0.6 is 46.6 Å². The molecule has 1 unspecified atom stereocenters. The number of amides is 3. The molecular formula is C36H44Cl3N5O5S. The lowest BCUT2D eigenvalue weighted by molar-refractivity contribution is -0.124. The van der Waals surface area contributed by atoms with E-state index in [4.69, 9.17) is 34.8 Å². The maximum absolute atomic E-state index is 12.1. The zero-order valence-electron chi connectivity index (χ0n) is 29.3. The van der Waals surface area contributed by atoms with Crippen LogP contribution in [-0.2, 0) is 21.8 Å². The number of halogens is 3.